The summed E-state index contributed by atoms with van der Waals surface area (Å²) >= 11 is 0. The maximum atomic E-state index is 9.09. The molecule has 0 aliphatic carbocycles. The minimum absolute atomic E-state index is 0.103. The first-order valence-electron chi connectivity index (χ1n) is 6.52. The summed E-state index contributed by atoms with van der Waals surface area (Å²) in [6.07, 6.45) is 0. The molecule has 0 saturated heterocycles. The largest absolute Gasteiger partial charge is 0.409 e. The number of ether oxygens (including phenoxy) is 1. The predicted molar refractivity (Wildman–Crippen MR) is 77.9 cm³/mol. The number of aliphatic hydroxyl groups excluding tert-OH is 1. The Bertz CT molecular complexity index is 449. The molecule has 0 radical (unpaired) electrons. The summed E-state index contributed by atoms with van der Waals surface area (Å²) in [5, 5.41) is 20.8. The Morgan fingerprint density at radius 1 is 1.40 bits per heavy atom. The smallest absolute Gasteiger partial charge is 0.170 e. The number of aliphatic hydroxyl groups is 1. The Morgan fingerprint density at radius 3 is 2.70 bits per heavy atom. The van der Waals surface area contributed by atoms with Crippen LogP contribution >= 0.6 is 0 Å². The van der Waals surface area contributed by atoms with Crippen molar-refractivity contribution in [2.45, 2.75) is 13.5 Å². The molecule has 6 heteroatoms. The first kappa shape index (κ1) is 16.4. The van der Waals surface area contributed by atoms with E-state index in [-0.39, 0.29) is 12.4 Å². The van der Waals surface area contributed by atoms with Crippen molar-refractivity contribution in [3.63, 3.8) is 0 Å². The van der Waals surface area contributed by atoms with Crippen LogP contribution in [-0.2, 0) is 11.3 Å². The lowest BCUT2D eigenvalue weighted by atomic mass is 10.0. The van der Waals surface area contributed by atoms with Gasteiger partial charge < -0.3 is 20.8 Å². The summed E-state index contributed by atoms with van der Waals surface area (Å²) in [7, 11) is 1.66. The fourth-order valence-corrected chi connectivity index (χ4v) is 1.96. The van der Waals surface area contributed by atoms with Gasteiger partial charge >= 0.3 is 0 Å². The third kappa shape index (κ3) is 4.80. The van der Waals surface area contributed by atoms with Crippen LogP contribution in [0.1, 0.15) is 16.7 Å². The first-order chi connectivity index (χ1) is 9.62. The van der Waals surface area contributed by atoms with Crippen molar-refractivity contribution in [1.82, 2.24) is 4.90 Å². The Labute approximate surface area is 119 Å². The highest BCUT2D eigenvalue weighted by Crippen LogP contribution is 2.13. The zero-order chi connectivity index (χ0) is 15.0. The topological polar surface area (TPSA) is 91.3 Å². The Kier molecular flexibility index (Phi) is 7.00. The third-order valence-electron chi connectivity index (χ3n) is 3.17. The van der Waals surface area contributed by atoms with Crippen molar-refractivity contribution in [2.75, 3.05) is 33.4 Å². The molecule has 1 aromatic rings. The maximum absolute atomic E-state index is 9.09. The van der Waals surface area contributed by atoms with Gasteiger partial charge in [0.15, 0.2) is 5.84 Å². The van der Waals surface area contributed by atoms with Gasteiger partial charge in [-0.25, -0.2) is 0 Å². The molecule has 0 amide bonds. The molecule has 1 rings (SSSR count). The number of methoxy groups -OCH3 is 1. The molecule has 0 aromatic heterocycles. The number of hydrogen-bond donors (Lipinski definition) is 3. The summed E-state index contributed by atoms with van der Waals surface area (Å²) in [5.74, 6) is 0.103. The van der Waals surface area contributed by atoms with Gasteiger partial charge in [-0.2, -0.15) is 0 Å². The van der Waals surface area contributed by atoms with E-state index in [1.807, 2.05) is 25.1 Å². The van der Waals surface area contributed by atoms with E-state index in [4.69, 9.17) is 20.8 Å². The molecule has 0 aliphatic heterocycles. The van der Waals surface area contributed by atoms with E-state index in [0.29, 0.717) is 18.7 Å². The van der Waals surface area contributed by atoms with Crippen LogP contribution in [0.4, 0.5) is 0 Å². The van der Waals surface area contributed by atoms with E-state index in [2.05, 4.69) is 10.1 Å². The van der Waals surface area contributed by atoms with Gasteiger partial charge in [0.1, 0.15) is 0 Å². The van der Waals surface area contributed by atoms with E-state index in [1.54, 1.807) is 7.11 Å². The Balaban J connectivity index is 2.79. The van der Waals surface area contributed by atoms with Crippen LogP contribution < -0.4 is 5.73 Å². The molecular weight excluding hydrogens is 258 g/mol. The van der Waals surface area contributed by atoms with Gasteiger partial charge in [0, 0.05) is 32.3 Å². The molecular formula is C14H23N3O3. The minimum atomic E-state index is 0.103. The summed E-state index contributed by atoms with van der Waals surface area (Å²) in [4.78, 5) is 2.12. The number of hydrogen-bond acceptors (Lipinski definition) is 5. The average Bonchev–Trinajstić information content (AvgIpc) is 2.46. The van der Waals surface area contributed by atoms with Crippen molar-refractivity contribution in [1.29, 1.82) is 0 Å². The van der Waals surface area contributed by atoms with Crippen molar-refractivity contribution < 1.29 is 15.1 Å². The molecule has 0 atom stereocenters. The van der Waals surface area contributed by atoms with Gasteiger partial charge in [0.25, 0.3) is 0 Å². The monoisotopic (exact) mass is 281 g/mol. The van der Waals surface area contributed by atoms with Crippen molar-refractivity contribution in [3.8, 4) is 0 Å². The fourth-order valence-electron chi connectivity index (χ4n) is 1.96. The lowest BCUT2D eigenvalue weighted by molar-refractivity contribution is 0.126. The van der Waals surface area contributed by atoms with E-state index in [9.17, 15) is 0 Å². The van der Waals surface area contributed by atoms with Crippen molar-refractivity contribution >= 4 is 5.84 Å². The van der Waals surface area contributed by atoms with Crippen LogP contribution in [0.5, 0.6) is 0 Å². The van der Waals surface area contributed by atoms with Crippen LogP contribution in [0.15, 0.2) is 23.4 Å². The molecule has 0 heterocycles. The average molecular weight is 281 g/mol. The molecule has 20 heavy (non-hydrogen) atoms. The highest BCUT2D eigenvalue weighted by molar-refractivity contribution is 5.97. The van der Waals surface area contributed by atoms with Crippen LogP contribution in [0, 0.1) is 6.92 Å². The third-order valence-corrected chi connectivity index (χ3v) is 3.17. The second-order valence-corrected chi connectivity index (χ2v) is 4.62. The van der Waals surface area contributed by atoms with Gasteiger partial charge in [-0.1, -0.05) is 17.3 Å². The number of aryl methyl sites for hydroxylation is 1. The van der Waals surface area contributed by atoms with Gasteiger partial charge in [-0.3, -0.25) is 4.90 Å². The van der Waals surface area contributed by atoms with Crippen molar-refractivity contribution in [2.24, 2.45) is 10.9 Å². The molecule has 112 valence electrons. The standard InChI is InChI=1S/C14H23N3O3/c1-11-9-12(14(15)16-19)3-4-13(11)10-17(5-7-18)6-8-20-2/h3-4,9,18-19H,5-8,10H2,1-2H3,(H2,15,16). The van der Waals surface area contributed by atoms with Gasteiger partial charge in [0.05, 0.1) is 13.2 Å². The zero-order valence-electron chi connectivity index (χ0n) is 12.0. The summed E-state index contributed by atoms with van der Waals surface area (Å²) in [6.45, 7) is 4.82. The SMILES string of the molecule is COCCN(CCO)Cc1ccc(/C(N)=N/O)cc1C. The molecule has 0 bridgehead atoms. The number of benzene rings is 1. The molecule has 1 aromatic carbocycles. The molecule has 0 saturated carbocycles. The summed E-state index contributed by atoms with van der Waals surface area (Å²) in [5.41, 5.74) is 8.47. The molecule has 0 aliphatic rings. The predicted octanol–water partition coefficient (Wildman–Crippen LogP) is 0.530. The Hall–Kier alpha value is -1.63. The number of nitrogens with two attached hydrogens (primary N) is 1. The van der Waals surface area contributed by atoms with Crippen LogP contribution in [0.3, 0.4) is 0 Å². The minimum Gasteiger partial charge on any atom is -0.409 e. The van der Waals surface area contributed by atoms with Gasteiger partial charge in [0.2, 0.25) is 0 Å². The molecule has 0 spiro atoms. The second-order valence-electron chi connectivity index (χ2n) is 4.62. The highest BCUT2D eigenvalue weighted by Gasteiger charge is 2.09. The number of amidine groups is 1. The number of oxime groups is 1. The van der Waals surface area contributed by atoms with Crippen LogP contribution in [0.2, 0.25) is 0 Å². The summed E-state index contributed by atoms with van der Waals surface area (Å²) < 4.78 is 5.07. The quantitative estimate of drug-likeness (QED) is 0.280. The lowest BCUT2D eigenvalue weighted by Crippen LogP contribution is -2.30. The summed E-state index contributed by atoms with van der Waals surface area (Å²) in [6, 6.07) is 5.67. The van der Waals surface area contributed by atoms with E-state index in [0.717, 1.165) is 24.2 Å². The van der Waals surface area contributed by atoms with Crippen molar-refractivity contribution in [3.05, 3.63) is 34.9 Å². The fraction of sp³-hybridized carbons (Fsp3) is 0.500. The second kappa shape index (κ2) is 8.52. The number of nitrogens with zero attached hydrogens (tertiary/aromatic N) is 2. The normalized spacial score (nSPS) is 12.1. The maximum Gasteiger partial charge on any atom is 0.170 e. The van der Waals surface area contributed by atoms with E-state index in [1.165, 1.54) is 0 Å². The molecule has 4 N–H and O–H groups in total. The molecule has 0 unspecified atom stereocenters. The molecule has 6 nitrogen and oxygen atoms in total. The van der Waals surface area contributed by atoms with E-state index < -0.39 is 0 Å². The number of rotatable bonds is 8. The van der Waals surface area contributed by atoms with Crippen LogP contribution in [0.25, 0.3) is 0 Å². The van der Waals surface area contributed by atoms with Crippen LogP contribution in [-0.4, -0.2) is 54.5 Å². The molecule has 0 fully saturated rings. The van der Waals surface area contributed by atoms with Gasteiger partial charge in [-0.05, 0) is 24.1 Å². The highest BCUT2D eigenvalue weighted by atomic mass is 16.5. The van der Waals surface area contributed by atoms with E-state index >= 15 is 0 Å². The van der Waals surface area contributed by atoms with Gasteiger partial charge in [-0.15, -0.1) is 0 Å². The Morgan fingerprint density at radius 2 is 2.15 bits per heavy atom. The zero-order valence-corrected chi connectivity index (χ0v) is 12.0. The first-order valence-corrected chi connectivity index (χ1v) is 6.52. The lowest BCUT2D eigenvalue weighted by Gasteiger charge is -2.22.